The van der Waals surface area contributed by atoms with Gasteiger partial charge in [0.1, 0.15) is 4.88 Å². The third-order valence-electron chi connectivity index (χ3n) is 6.07. The van der Waals surface area contributed by atoms with Crippen LogP contribution in [-0.4, -0.2) is 21.6 Å². The predicted octanol–water partition coefficient (Wildman–Crippen LogP) is 7.20. The minimum absolute atomic E-state index is 0.0994. The number of carbonyl (C=O) groups excluding carboxylic acids is 1. The van der Waals surface area contributed by atoms with E-state index < -0.39 is 0 Å². The van der Waals surface area contributed by atoms with Crippen molar-refractivity contribution in [2.75, 3.05) is 0 Å². The fourth-order valence-corrected chi connectivity index (χ4v) is 5.52. The molecule has 1 aliphatic carbocycles. The van der Waals surface area contributed by atoms with Gasteiger partial charge in [-0.1, -0.05) is 47.5 Å². The highest BCUT2D eigenvalue weighted by Crippen LogP contribution is 2.45. The van der Waals surface area contributed by atoms with Gasteiger partial charge < -0.3 is 0 Å². The largest absolute Gasteiger partial charge is 0.286 e. The molecule has 5 rings (SSSR count). The van der Waals surface area contributed by atoms with Crippen LogP contribution in [0.15, 0.2) is 64.7 Å². The Balaban J connectivity index is 1.58. The molecule has 0 saturated heterocycles. The lowest BCUT2D eigenvalue weighted by atomic mass is 9.77. The maximum Gasteiger partial charge on any atom is 0.286 e. The van der Waals surface area contributed by atoms with E-state index in [0.29, 0.717) is 14.9 Å². The number of thiazole rings is 1. The number of aromatic nitrogens is 1. The number of aryl methyl sites for hydroxylation is 1. The Morgan fingerprint density at radius 2 is 1.78 bits per heavy atom. The quantitative estimate of drug-likeness (QED) is 0.397. The summed E-state index contributed by atoms with van der Waals surface area (Å²) in [5, 5.41) is 8.00. The molecule has 2 heterocycles. The first-order valence-electron chi connectivity index (χ1n) is 10.6. The summed E-state index contributed by atoms with van der Waals surface area (Å²) in [6, 6.07) is 15.4. The standard InChI is InChI=1S/C25H21Cl2N3OS/c1-15-24(32-14-28-15)25(31)30-23(17-7-11-20(27)12-8-17)21-4-2-3-18(22(21)29-30)13-16-5-9-19(26)10-6-16/h5-14,21,23H,2-4H2,1H3/b18-13-/t21-,23-/m0/s1. The van der Waals surface area contributed by atoms with Gasteiger partial charge in [0, 0.05) is 16.0 Å². The first kappa shape index (κ1) is 21.4. The van der Waals surface area contributed by atoms with Gasteiger partial charge in [0.05, 0.1) is 23.0 Å². The maximum absolute atomic E-state index is 13.6. The number of amides is 1. The van der Waals surface area contributed by atoms with Crippen LogP contribution in [0.1, 0.15) is 51.8 Å². The van der Waals surface area contributed by atoms with Crippen molar-refractivity contribution < 1.29 is 4.79 Å². The van der Waals surface area contributed by atoms with Crippen molar-refractivity contribution in [2.45, 2.75) is 32.2 Å². The molecule has 1 saturated carbocycles. The zero-order valence-electron chi connectivity index (χ0n) is 17.5. The summed E-state index contributed by atoms with van der Waals surface area (Å²) in [5.41, 5.74) is 6.75. The SMILES string of the molecule is Cc1ncsc1C(=O)N1N=C2/C(=C\c3ccc(Cl)cc3)CCC[C@@H]2[C@@H]1c1ccc(Cl)cc1. The normalized spacial score (nSPS) is 21.5. The van der Waals surface area contributed by atoms with Crippen LogP contribution in [0.4, 0.5) is 0 Å². The average molecular weight is 482 g/mol. The lowest BCUT2D eigenvalue weighted by molar-refractivity contribution is 0.0685. The smallest absolute Gasteiger partial charge is 0.266 e. The number of benzene rings is 2. The van der Waals surface area contributed by atoms with Gasteiger partial charge >= 0.3 is 0 Å². The Bertz CT molecular complexity index is 1210. The van der Waals surface area contributed by atoms with Gasteiger partial charge in [-0.05, 0) is 73.2 Å². The number of hydrogen-bond donors (Lipinski definition) is 0. The van der Waals surface area contributed by atoms with E-state index in [9.17, 15) is 4.79 Å². The van der Waals surface area contributed by atoms with Crippen LogP contribution in [-0.2, 0) is 0 Å². The Morgan fingerprint density at radius 3 is 2.44 bits per heavy atom. The number of nitrogens with zero attached hydrogens (tertiary/aromatic N) is 3. The average Bonchev–Trinajstić information content (AvgIpc) is 3.40. The molecule has 0 radical (unpaired) electrons. The van der Waals surface area contributed by atoms with Crippen molar-refractivity contribution in [3.8, 4) is 0 Å². The molecule has 1 amide bonds. The van der Waals surface area contributed by atoms with Crippen LogP contribution >= 0.6 is 34.5 Å². The second-order valence-corrected chi connectivity index (χ2v) is 9.85. The molecule has 162 valence electrons. The minimum Gasteiger partial charge on any atom is -0.266 e. The lowest BCUT2D eigenvalue weighted by Crippen LogP contribution is -2.31. The van der Waals surface area contributed by atoms with Crippen LogP contribution in [0.2, 0.25) is 10.0 Å². The summed E-state index contributed by atoms with van der Waals surface area (Å²) in [6.45, 7) is 1.86. The summed E-state index contributed by atoms with van der Waals surface area (Å²) in [5.74, 6) is 0.0401. The topological polar surface area (TPSA) is 45.6 Å². The third-order valence-corrected chi connectivity index (χ3v) is 7.49. The highest BCUT2D eigenvalue weighted by atomic mass is 35.5. The van der Waals surface area contributed by atoms with Crippen molar-refractivity contribution >= 4 is 52.2 Å². The molecule has 1 fully saturated rings. The van der Waals surface area contributed by atoms with Crippen molar-refractivity contribution in [1.82, 2.24) is 9.99 Å². The summed E-state index contributed by atoms with van der Waals surface area (Å²) in [7, 11) is 0. The van der Waals surface area contributed by atoms with Crippen molar-refractivity contribution in [1.29, 1.82) is 0 Å². The summed E-state index contributed by atoms with van der Waals surface area (Å²) in [6.07, 6.45) is 5.14. The second-order valence-electron chi connectivity index (χ2n) is 8.12. The van der Waals surface area contributed by atoms with Gasteiger partial charge in [-0.25, -0.2) is 9.99 Å². The summed E-state index contributed by atoms with van der Waals surface area (Å²) >= 11 is 13.6. The molecule has 0 N–H and O–H groups in total. The predicted molar refractivity (Wildman–Crippen MR) is 131 cm³/mol. The molecule has 0 bridgehead atoms. The molecule has 1 aliphatic heterocycles. The first-order chi connectivity index (χ1) is 15.5. The van der Waals surface area contributed by atoms with E-state index in [1.165, 1.54) is 16.9 Å². The lowest BCUT2D eigenvalue weighted by Gasteiger charge is -2.29. The van der Waals surface area contributed by atoms with Gasteiger partial charge in [0.25, 0.3) is 5.91 Å². The van der Waals surface area contributed by atoms with Gasteiger partial charge in [-0.2, -0.15) is 5.10 Å². The Kier molecular flexibility index (Phi) is 5.89. The number of hydrogen-bond acceptors (Lipinski definition) is 4. The monoisotopic (exact) mass is 481 g/mol. The van der Waals surface area contributed by atoms with E-state index in [1.807, 2.05) is 55.5 Å². The maximum atomic E-state index is 13.6. The zero-order chi connectivity index (χ0) is 22.2. The molecule has 32 heavy (non-hydrogen) atoms. The molecule has 0 unspecified atom stereocenters. The van der Waals surface area contributed by atoms with Gasteiger partial charge in [0.15, 0.2) is 0 Å². The molecule has 0 spiro atoms. The van der Waals surface area contributed by atoms with Crippen LogP contribution in [0.25, 0.3) is 6.08 Å². The number of allylic oxidation sites excluding steroid dienone is 1. The number of halogens is 2. The summed E-state index contributed by atoms with van der Waals surface area (Å²) in [4.78, 5) is 18.5. The fraction of sp³-hybridized carbons (Fsp3) is 0.240. The van der Waals surface area contributed by atoms with E-state index in [0.717, 1.165) is 41.8 Å². The Morgan fingerprint density at radius 1 is 1.09 bits per heavy atom. The van der Waals surface area contributed by atoms with Gasteiger partial charge in [-0.15, -0.1) is 11.3 Å². The van der Waals surface area contributed by atoms with E-state index in [4.69, 9.17) is 28.3 Å². The number of fused-ring (bicyclic) bond motifs is 1. The van der Waals surface area contributed by atoms with Crippen LogP contribution in [0.5, 0.6) is 0 Å². The fourth-order valence-electron chi connectivity index (χ4n) is 4.53. The van der Waals surface area contributed by atoms with Crippen molar-refractivity contribution in [3.63, 3.8) is 0 Å². The molecular formula is C25H21Cl2N3OS. The van der Waals surface area contributed by atoms with E-state index in [1.54, 1.807) is 10.5 Å². The first-order valence-corrected chi connectivity index (χ1v) is 12.2. The summed E-state index contributed by atoms with van der Waals surface area (Å²) < 4.78 is 0. The second kappa shape index (κ2) is 8.81. The van der Waals surface area contributed by atoms with E-state index >= 15 is 0 Å². The Labute approximate surface area is 201 Å². The molecule has 2 atom stereocenters. The van der Waals surface area contributed by atoms with Crippen LogP contribution in [0.3, 0.4) is 0 Å². The highest BCUT2D eigenvalue weighted by Gasteiger charge is 2.44. The molecule has 3 aromatic rings. The number of carbonyl (C=O) groups is 1. The minimum atomic E-state index is -0.162. The van der Waals surface area contributed by atoms with Crippen molar-refractivity contribution in [3.05, 3.63) is 91.4 Å². The molecule has 2 aromatic carbocycles. The number of rotatable bonds is 3. The zero-order valence-corrected chi connectivity index (χ0v) is 19.8. The number of hydrazone groups is 1. The molecular weight excluding hydrogens is 461 g/mol. The Hall–Kier alpha value is -2.47. The molecule has 7 heteroatoms. The highest BCUT2D eigenvalue weighted by molar-refractivity contribution is 7.11. The van der Waals surface area contributed by atoms with E-state index in [2.05, 4.69) is 11.1 Å². The van der Waals surface area contributed by atoms with Crippen LogP contribution < -0.4 is 0 Å². The molecule has 2 aliphatic rings. The van der Waals surface area contributed by atoms with Crippen molar-refractivity contribution in [2.24, 2.45) is 11.0 Å². The van der Waals surface area contributed by atoms with Gasteiger partial charge in [0.2, 0.25) is 0 Å². The van der Waals surface area contributed by atoms with Gasteiger partial charge in [-0.3, -0.25) is 4.79 Å². The molecule has 1 aromatic heterocycles. The van der Waals surface area contributed by atoms with E-state index in [-0.39, 0.29) is 17.9 Å². The third kappa shape index (κ3) is 4.01. The van der Waals surface area contributed by atoms with Crippen LogP contribution in [0, 0.1) is 12.8 Å². The molecule has 4 nitrogen and oxygen atoms in total.